The maximum absolute atomic E-state index is 12.4. The van der Waals surface area contributed by atoms with Gasteiger partial charge in [0.1, 0.15) is 4.90 Å². The molecule has 112 valence electrons. The highest BCUT2D eigenvalue weighted by molar-refractivity contribution is 9.10. The van der Waals surface area contributed by atoms with E-state index in [9.17, 15) is 13.5 Å². The zero-order valence-corrected chi connectivity index (χ0v) is 13.1. The zero-order chi connectivity index (χ0) is 14.8. The van der Waals surface area contributed by atoms with Crippen LogP contribution in [-0.2, 0) is 10.0 Å². The summed E-state index contributed by atoms with van der Waals surface area (Å²) in [6.45, 7) is 0. The fraction of sp³-hybridized carbons (Fsp3) is 0.545. The van der Waals surface area contributed by atoms with Gasteiger partial charge in [-0.25, -0.2) is 24.0 Å². The minimum atomic E-state index is -3.71. The van der Waals surface area contributed by atoms with Crippen molar-refractivity contribution in [3.05, 3.63) is 16.7 Å². The average Bonchev–Trinajstić information content (AvgIpc) is 2.41. The molecule has 1 heterocycles. The number of aliphatic hydroxyl groups excluding tert-OH is 1. The Hall–Kier alpha value is -0.740. The molecule has 0 atom stereocenters. The Morgan fingerprint density at radius 3 is 2.60 bits per heavy atom. The number of halogens is 1. The lowest BCUT2D eigenvalue weighted by molar-refractivity contribution is 0.120. The van der Waals surface area contributed by atoms with Crippen molar-refractivity contribution >= 4 is 31.8 Å². The van der Waals surface area contributed by atoms with Crippen LogP contribution in [0.4, 0.5) is 5.82 Å². The highest BCUT2D eigenvalue weighted by Gasteiger charge is 2.27. The first-order chi connectivity index (χ1) is 9.42. The number of nitrogens with zero attached hydrogens (tertiary/aromatic N) is 1. The van der Waals surface area contributed by atoms with Gasteiger partial charge < -0.3 is 10.5 Å². The first kappa shape index (κ1) is 15.6. The normalized spacial score (nSPS) is 23.6. The fourth-order valence-electron chi connectivity index (χ4n) is 2.21. The Kier molecular flexibility index (Phi) is 4.97. The predicted octanol–water partition coefficient (Wildman–Crippen LogP) is 0.711. The summed E-state index contributed by atoms with van der Waals surface area (Å²) in [4.78, 5) is 3.93. The summed E-state index contributed by atoms with van der Waals surface area (Å²) in [7, 11) is -3.71. The molecule has 0 aliphatic heterocycles. The smallest absolute Gasteiger partial charge is 0.244 e. The minimum Gasteiger partial charge on any atom is -0.393 e. The summed E-state index contributed by atoms with van der Waals surface area (Å²) >= 11 is 3.19. The molecule has 1 saturated carbocycles. The second-order valence-corrected chi connectivity index (χ2v) is 7.37. The number of aliphatic hydroxyl groups is 1. The van der Waals surface area contributed by atoms with Crippen molar-refractivity contribution in [2.45, 2.75) is 42.7 Å². The molecule has 5 N–H and O–H groups in total. The molecule has 9 heteroatoms. The third-order valence-electron chi connectivity index (χ3n) is 3.26. The summed E-state index contributed by atoms with van der Waals surface area (Å²) < 4.78 is 28.0. The van der Waals surface area contributed by atoms with Crippen LogP contribution < -0.4 is 16.0 Å². The molecule has 1 fully saturated rings. The van der Waals surface area contributed by atoms with Gasteiger partial charge in [-0.3, -0.25) is 0 Å². The average molecular weight is 365 g/mol. The van der Waals surface area contributed by atoms with Crippen LogP contribution in [0.3, 0.4) is 0 Å². The van der Waals surface area contributed by atoms with Crippen LogP contribution >= 0.6 is 15.9 Å². The maximum Gasteiger partial charge on any atom is 0.244 e. The van der Waals surface area contributed by atoms with Gasteiger partial charge in [0.05, 0.1) is 6.10 Å². The third-order valence-corrected chi connectivity index (χ3v) is 5.23. The van der Waals surface area contributed by atoms with Crippen LogP contribution in [-0.4, -0.2) is 30.7 Å². The minimum absolute atomic E-state index is 0.000460. The van der Waals surface area contributed by atoms with Gasteiger partial charge in [0.15, 0.2) is 5.82 Å². The van der Waals surface area contributed by atoms with E-state index in [-0.39, 0.29) is 22.9 Å². The molecule has 0 amide bonds. The molecule has 20 heavy (non-hydrogen) atoms. The topological polar surface area (TPSA) is 117 Å². The molecule has 1 aromatic rings. The lowest BCUT2D eigenvalue weighted by Gasteiger charge is -2.26. The summed E-state index contributed by atoms with van der Waals surface area (Å²) in [6, 6.07) is 1.27. The molecule has 2 rings (SSSR count). The molecule has 1 aromatic heterocycles. The molecule has 0 bridgehead atoms. The van der Waals surface area contributed by atoms with Gasteiger partial charge in [-0.15, -0.1) is 0 Å². The molecule has 0 aromatic carbocycles. The van der Waals surface area contributed by atoms with Gasteiger partial charge >= 0.3 is 0 Å². The standard InChI is InChI=1S/C11H17BrN4O3S/c12-7-5-10(11(15-13)14-6-7)20(18,19)16-8-1-3-9(17)4-2-8/h5-6,8-9,16-17H,1-4,13H2,(H,14,15). The highest BCUT2D eigenvalue weighted by atomic mass is 79.9. The molecule has 7 nitrogen and oxygen atoms in total. The van der Waals surface area contributed by atoms with Crippen molar-refractivity contribution in [2.24, 2.45) is 5.84 Å². The summed E-state index contributed by atoms with van der Waals surface area (Å²) in [5.74, 6) is 5.39. The highest BCUT2D eigenvalue weighted by Crippen LogP contribution is 2.25. The van der Waals surface area contributed by atoms with E-state index in [1.54, 1.807) is 0 Å². The van der Waals surface area contributed by atoms with E-state index in [0.717, 1.165) is 0 Å². The van der Waals surface area contributed by atoms with E-state index in [4.69, 9.17) is 5.84 Å². The quantitative estimate of drug-likeness (QED) is 0.461. The van der Waals surface area contributed by atoms with Crippen molar-refractivity contribution in [1.82, 2.24) is 9.71 Å². The summed E-state index contributed by atoms with van der Waals surface area (Å²) in [5, 5.41) is 9.44. The van der Waals surface area contributed by atoms with Crippen molar-refractivity contribution in [3.8, 4) is 0 Å². The maximum atomic E-state index is 12.4. The SMILES string of the molecule is NNc1ncc(Br)cc1S(=O)(=O)NC1CCC(O)CC1. The Labute approximate surface area is 126 Å². The Morgan fingerprint density at radius 2 is 2.00 bits per heavy atom. The van der Waals surface area contributed by atoms with Gasteiger partial charge in [-0.2, -0.15) is 0 Å². The lowest BCUT2D eigenvalue weighted by Crippen LogP contribution is -2.39. The van der Waals surface area contributed by atoms with Crippen LogP contribution in [0.1, 0.15) is 25.7 Å². The van der Waals surface area contributed by atoms with E-state index < -0.39 is 10.0 Å². The van der Waals surface area contributed by atoms with E-state index >= 15 is 0 Å². The zero-order valence-electron chi connectivity index (χ0n) is 10.7. The monoisotopic (exact) mass is 364 g/mol. The number of nitrogens with one attached hydrogen (secondary N) is 2. The van der Waals surface area contributed by atoms with Gasteiger partial charge in [0.25, 0.3) is 0 Å². The number of rotatable bonds is 4. The summed E-state index contributed by atoms with van der Waals surface area (Å²) in [5.41, 5.74) is 2.28. The van der Waals surface area contributed by atoms with Crippen molar-refractivity contribution in [2.75, 3.05) is 5.43 Å². The molecule has 0 spiro atoms. The summed E-state index contributed by atoms with van der Waals surface area (Å²) in [6.07, 6.45) is 3.58. The number of hydrogen-bond donors (Lipinski definition) is 4. The molecular formula is C11H17BrN4O3S. The number of nitrogens with two attached hydrogens (primary N) is 1. The molecule has 0 radical (unpaired) electrons. The molecule has 0 unspecified atom stereocenters. The second kappa shape index (κ2) is 6.35. The Bertz CT molecular complexity index is 573. The first-order valence-corrected chi connectivity index (χ1v) is 8.52. The number of nitrogen functional groups attached to an aromatic ring is 1. The van der Waals surface area contributed by atoms with Gasteiger partial charge in [0.2, 0.25) is 10.0 Å². The Balaban J connectivity index is 2.20. The van der Waals surface area contributed by atoms with Crippen LogP contribution in [0.15, 0.2) is 21.6 Å². The molecule has 0 saturated heterocycles. The van der Waals surface area contributed by atoms with E-state index in [2.05, 4.69) is 31.1 Å². The number of pyridine rings is 1. The third kappa shape index (κ3) is 3.67. The van der Waals surface area contributed by atoms with E-state index in [1.165, 1.54) is 12.3 Å². The van der Waals surface area contributed by atoms with E-state index in [1.807, 2.05) is 0 Å². The molecule has 1 aliphatic rings. The molecule has 1 aliphatic carbocycles. The van der Waals surface area contributed by atoms with Crippen molar-refractivity contribution in [1.29, 1.82) is 0 Å². The van der Waals surface area contributed by atoms with Crippen LogP contribution in [0.25, 0.3) is 0 Å². The Morgan fingerprint density at radius 1 is 1.35 bits per heavy atom. The van der Waals surface area contributed by atoms with Gasteiger partial charge in [-0.05, 0) is 47.7 Å². The van der Waals surface area contributed by atoms with Gasteiger partial charge in [0, 0.05) is 16.7 Å². The largest absolute Gasteiger partial charge is 0.393 e. The van der Waals surface area contributed by atoms with E-state index in [0.29, 0.717) is 30.2 Å². The molecular weight excluding hydrogens is 348 g/mol. The number of anilines is 1. The number of hydrazine groups is 1. The number of hydrogen-bond acceptors (Lipinski definition) is 6. The number of aromatic nitrogens is 1. The lowest BCUT2D eigenvalue weighted by atomic mass is 9.94. The van der Waals surface area contributed by atoms with Crippen molar-refractivity contribution < 1.29 is 13.5 Å². The predicted molar refractivity (Wildman–Crippen MR) is 78.3 cm³/mol. The van der Waals surface area contributed by atoms with Crippen molar-refractivity contribution in [3.63, 3.8) is 0 Å². The van der Waals surface area contributed by atoms with Crippen LogP contribution in [0.2, 0.25) is 0 Å². The van der Waals surface area contributed by atoms with Crippen LogP contribution in [0, 0.1) is 0 Å². The van der Waals surface area contributed by atoms with Crippen LogP contribution in [0.5, 0.6) is 0 Å². The fourth-order valence-corrected chi connectivity index (χ4v) is 4.14. The second-order valence-electron chi connectivity index (χ2n) is 4.77. The number of sulfonamides is 1. The first-order valence-electron chi connectivity index (χ1n) is 6.25. The van der Waals surface area contributed by atoms with Gasteiger partial charge in [-0.1, -0.05) is 0 Å².